The van der Waals surface area contributed by atoms with Gasteiger partial charge in [0.1, 0.15) is 5.70 Å². The van der Waals surface area contributed by atoms with Crippen LogP contribution in [-0.2, 0) is 14.4 Å². The molecule has 1 N–H and O–H groups in total. The number of aryl methyl sites for hydroxylation is 2. The highest BCUT2D eigenvalue weighted by Crippen LogP contribution is 2.30. The number of amides is 3. The fraction of sp³-hybridized carbons (Fsp3) is 0.304. The Hall–Kier alpha value is -3.48. The smallest absolute Gasteiger partial charge is 0.277 e. The Kier molecular flexibility index (Phi) is 5.11. The van der Waals surface area contributed by atoms with E-state index in [2.05, 4.69) is 10.3 Å². The van der Waals surface area contributed by atoms with Crippen LogP contribution in [0.15, 0.2) is 47.8 Å². The molecule has 2 aromatic rings. The molecule has 2 aliphatic heterocycles. The number of carbonyl (C=O) groups is 3. The number of hydrogen-bond acceptors (Lipinski definition) is 5. The number of aromatic nitrogens is 1. The van der Waals surface area contributed by atoms with E-state index in [1.165, 1.54) is 12.6 Å². The van der Waals surface area contributed by atoms with Gasteiger partial charge in [0.15, 0.2) is 0 Å². The van der Waals surface area contributed by atoms with E-state index < -0.39 is 0 Å². The van der Waals surface area contributed by atoms with Crippen LogP contribution in [0.5, 0.6) is 0 Å². The van der Waals surface area contributed by atoms with Crippen LogP contribution >= 0.6 is 0 Å². The summed E-state index contributed by atoms with van der Waals surface area (Å²) in [7, 11) is 1.48. The molecule has 30 heavy (non-hydrogen) atoms. The van der Waals surface area contributed by atoms with Gasteiger partial charge >= 0.3 is 0 Å². The molecule has 154 valence electrons. The molecule has 0 aliphatic carbocycles. The average Bonchev–Trinajstić information content (AvgIpc) is 2.94. The second-order valence-corrected chi connectivity index (χ2v) is 7.83. The largest absolute Gasteiger partial charge is 0.357 e. The summed E-state index contributed by atoms with van der Waals surface area (Å²) in [6.45, 7) is 4.59. The number of carbonyl (C=O) groups excluding carboxylic acids is 3. The van der Waals surface area contributed by atoms with Gasteiger partial charge in [0.05, 0.1) is 24.1 Å². The van der Waals surface area contributed by atoms with E-state index in [0.717, 1.165) is 28.1 Å². The molecule has 3 amide bonds. The molecule has 0 spiro atoms. The summed E-state index contributed by atoms with van der Waals surface area (Å²) < 4.78 is 0. The molecule has 0 atom stereocenters. The van der Waals surface area contributed by atoms with E-state index in [1.807, 2.05) is 44.2 Å². The first kappa shape index (κ1) is 19.8. The monoisotopic (exact) mass is 404 g/mol. The van der Waals surface area contributed by atoms with E-state index in [1.54, 1.807) is 11.1 Å². The highest BCUT2D eigenvalue weighted by molar-refractivity contribution is 6.19. The van der Waals surface area contributed by atoms with Crippen LogP contribution in [-0.4, -0.2) is 52.6 Å². The third-order valence-corrected chi connectivity index (χ3v) is 5.55. The van der Waals surface area contributed by atoms with Crippen molar-refractivity contribution in [3.63, 3.8) is 0 Å². The molecule has 0 fully saturated rings. The number of benzene rings is 1. The lowest BCUT2D eigenvalue weighted by molar-refractivity contribution is -0.136. The Labute approximate surface area is 175 Å². The standard InChI is InChI=1S/C23H24N4O3/c1-14-6-8-16(9-7-14)20-15(2)11-17(12-24-20)25-19(28)13-27-10-4-5-18-21(27)23(30)26(3)22(18)29/h6-9,11-12H,4-5,10,13H2,1-3H3,(H,25,28). The molecule has 7 heteroatoms. The lowest BCUT2D eigenvalue weighted by atomic mass is 10.0. The number of hydrogen-bond donors (Lipinski definition) is 1. The first-order chi connectivity index (χ1) is 14.3. The van der Waals surface area contributed by atoms with Crippen molar-refractivity contribution in [3.8, 4) is 11.3 Å². The maximum absolute atomic E-state index is 12.6. The summed E-state index contributed by atoms with van der Waals surface area (Å²) in [4.78, 5) is 44.6. The SMILES string of the molecule is Cc1ccc(-c2ncc(NC(=O)CN3CCCC4=C3C(=O)N(C)C4=O)cc2C)cc1. The summed E-state index contributed by atoms with van der Waals surface area (Å²) in [5, 5.41) is 2.86. The van der Waals surface area contributed by atoms with Gasteiger partial charge in [-0.2, -0.15) is 0 Å². The van der Waals surface area contributed by atoms with Gasteiger partial charge in [-0.1, -0.05) is 29.8 Å². The van der Waals surface area contributed by atoms with Gasteiger partial charge in [-0.25, -0.2) is 0 Å². The lowest BCUT2D eigenvalue weighted by Gasteiger charge is -2.28. The van der Waals surface area contributed by atoms with Crippen molar-refractivity contribution in [2.75, 3.05) is 25.5 Å². The van der Waals surface area contributed by atoms with Crippen molar-refractivity contribution >= 4 is 23.4 Å². The third-order valence-electron chi connectivity index (χ3n) is 5.55. The van der Waals surface area contributed by atoms with Crippen molar-refractivity contribution in [1.82, 2.24) is 14.8 Å². The molecule has 4 rings (SSSR count). The van der Waals surface area contributed by atoms with E-state index in [9.17, 15) is 14.4 Å². The highest BCUT2D eigenvalue weighted by Gasteiger charge is 2.40. The van der Waals surface area contributed by atoms with Crippen molar-refractivity contribution < 1.29 is 14.4 Å². The number of likely N-dealkylation sites (N-methyl/N-ethyl adjacent to an activating group) is 1. The Morgan fingerprint density at radius 1 is 1.13 bits per heavy atom. The van der Waals surface area contributed by atoms with Gasteiger partial charge in [0.2, 0.25) is 5.91 Å². The number of nitrogens with zero attached hydrogens (tertiary/aromatic N) is 3. The van der Waals surface area contributed by atoms with Crippen molar-refractivity contribution in [3.05, 3.63) is 58.9 Å². The molecular weight excluding hydrogens is 380 g/mol. The maximum atomic E-state index is 12.6. The van der Waals surface area contributed by atoms with Crippen molar-refractivity contribution in [1.29, 1.82) is 0 Å². The fourth-order valence-electron chi connectivity index (χ4n) is 3.98. The van der Waals surface area contributed by atoms with Crippen LogP contribution < -0.4 is 5.32 Å². The van der Waals surface area contributed by atoms with Crippen LogP contribution in [0, 0.1) is 13.8 Å². The first-order valence-electron chi connectivity index (χ1n) is 9.99. The topological polar surface area (TPSA) is 82.6 Å². The minimum atomic E-state index is -0.331. The van der Waals surface area contributed by atoms with Crippen LogP contribution in [0.2, 0.25) is 0 Å². The maximum Gasteiger partial charge on any atom is 0.277 e. The van der Waals surface area contributed by atoms with E-state index >= 15 is 0 Å². The highest BCUT2D eigenvalue weighted by atomic mass is 16.2. The van der Waals surface area contributed by atoms with E-state index in [0.29, 0.717) is 29.9 Å². The predicted molar refractivity (Wildman–Crippen MR) is 113 cm³/mol. The second kappa shape index (κ2) is 7.74. The number of pyridine rings is 1. The van der Waals surface area contributed by atoms with Crippen LogP contribution in [0.25, 0.3) is 11.3 Å². The van der Waals surface area contributed by atoms with Crippen molar-refractivity contribution in [2.45, 2.75) is 26.7 Å². The number of nitrogens with one attached hydrogen (secondary N) is 1. The Balaban J connectivity index is 1.47. The minimum absolute atomic E-state index is 0.0183. The summed E-state index contributed by atoms with van der Waals surface area (Å²) in [5.41, 5.74) is 5.52. The average molecular weight is 404 g/mol. The molecule has 3 heterocycles. The molecule has 0 unspecified atom stereocenters. The molecular formula is C23H24N4O3. The van der Waals surface area contributed by atoms with Crippen LogP contribution in [0.4, 0.5) is 5.69 Å². The molecule has 0 radical (unpaired) electrons. The van der Waals surface area contributed by atoms with E-state index in [4.69, 9.17) is 0 Å². The van der Waals surface area contributed by atoms with Gasteiger partial charge in [0, 0.05) is 24.7 Å². The second-order valence-electron chi connectivity index (χ2n) is 7.83. The zero-order valence-corrected chi connectivity index (χ0v) is 17.4. The Morgan fingerprint density at radius 2 is 1.87 bits per heavy atom. The van der Waals surface area contributed by atoms with Gasteiger partial charge < -0.3 is 10.2 Å². The zero-order chi connectivity index (χ0) is 21.4. The predicted octanol–water partition coefficient (Wildman–Crippen LogP) is 2.65. The molecule has 2 aliphatic rings. The van der Waals surface area contributed by atoms with Gasteiger partial charge in [0.25, 0.3) is 11.8 Å². The molecule has 1 aromatic heterocycles. The summed E-state index contributed by atoms with van der Waals surface area (Å²) in [5.74, 6) is -0.836. The molecule has 0 saturated heterocycles. The summed E-state index contributed by atoms with van der Waals surface area (Å²) in [6, 6.07) is 10.0. The van der Waals surface area contributed by atoms with Gasteiger partial charge in [-0.3, -0.25) is 24.3 Å². The minimum Gasteiger partial charge on any atom is -0.357 e. The normalized spacial score (nSPS) is 16.2. The number of rotatable bonds is 4. The van der Waals surface area contributed by atoms with E-state index in [-0.39, 0.29) is 24.3 Å². The van der Waals surface area contributed by atoms with Gasteiger partial charge in [-0.15, -0.1) is 0 Å². The zero-order valence-electron chi connectivity index (χ0n) is 17.4. The third kappa shape index (κ3) is 3.58. The number of anilines is 1. The summed E-state index contributed by atoms with van der Waals surface area (Å²) in [6.07, 6.45) is 2.95. The first-order valence-corrected chi connectivity index (χ1v) is 9.99. The quantitative estimate of drug-likeness (QED) is 0.793. The molecule has 0 saturated carbocycles. The Morgan fingerprint density at radius 3 is 2.57 bits per heavy atom. The molecule has 0 bridgehead atoms. The Bertz CT molecular complexity index is 1070. The number of imide groups is 1. The van der Waals surface area contributed by atoms with Crippen LogP contribution in [0.3, 0.4) is 0 Å². The van der Waals surface area contributed by atoms with Crippen molar-refractivity contribution in [2.24, 2.45) is 0 Å². The van der Waals surface area contributed by atoms with Gasteiger partial charge in [-0.05, 0) is 38.3 Å². The molecule has 7 nitrogen and oxygen atoms in total. The summed E-state index contributed by atoms with van der Waals surface area (Å²) >= 11 is 0. The molecule has 1 aromatic carbocycles. The lowest BCUT2D eigenvalue weighted by Crippen LogP contribution is -2.38. The van der Waals surface area contributed by atoms with Crippen LogP contribution in [0.1, 0.15) is 24.0 Å². The fourth-order valence-corrected chi connectivity index (χ4v) is 3.98.